The fourth-order valence-electron chi connectivity index (χ4n) is 0.913. The number of carbonyl (C=O) groups excluding carboxylic acids is 1. The molecule has 1 aromatic heterocycles. The van der Waals surface area contributed by atoms with Crippen molar-refractivity contribution < 1.29 is 9.90 Å². The van der Waals surface area contributed by atoms with Crippen molar-refractivity contribution in [3.8, 4) is 0 Å². The Bertz CT molecular complexity index is 298. The lowest BCUT2D eigenvalue weighted by molar-refractivity contribution is 0.0990. The zero-order chi connectivity index (χ0) is 10.4. The Morgan fingerprint density at radius 1 is 1.64 bits per heavy atom. The fraction of sp³-hybridized carbons (Fsp3) is 0.571. The van der Waals surface area contributed by atoms with Gasteiger partial charge in [-0.25, -0.2) is 4.98 Å². The van der Waals surface area contributed by atoms with E-state index in [1.165, 1.54) is 11.0 Å². The third kappa shape index (κ3) is 3.11. The van der Waals surface area contributed by atoms with Gasteiger partial charge >= 0.3 is 0 Å². The van der Waals surface area contributed by atoms with E-state index in [1.54, 1.807) is 0 Å². The molecular weight excluding hydrogens is 186 g/mol. The largest absolute Gasteiger partial charge is 0.395 e. The molecule has 1 aromatic rings. The van der Waals surface area contributed by atoms with Crippen molar-refractivity contribution in [1.29, 1.82) is 0 Å². The van der Waals surface area contributed by atoms with Crippen LogP contribution in [0.15, 0.2) is 6.33 Å². The Morgan fingerprint density at radius 2 is 2.43 bits per heavy atom. The van der Waals surface area contributed by atoms with Gasteiger partial charge in [0.15, 0.2) is 0 Å². The smallest absolute Gasteiger partial charge is 0.288 e. The average Bonchev–Trinajstić information content (AvgIpc) is 2.61. The predicted molar refractivity (Wildman–Crippen MR) is 48.5 cm³/mol. The Hall–Kier alpha value is -1.47. The highest BCUT2D eigenvalue weighted by atomic mass is 16.3. The molecule has 1 heterocycles. The maximum atomic E-state index is 10.6. The zero-order valence-electron chi connectivity index (χ0n) is 7.68. The van der Waals surface area contributed by atoms with Crippen molar-refractivity contribution in [2.75, 3.05) is 19.7 Å². The maximum absolute atomic E-state index is 10.6. The van der Waals surface area contributed by atoms with Gasteiger partial charge in [0.2, 0.25) is 5.82 Å². The maximum Gasteiger partial charge on any atom is 0.288 e. The first kappa shape index (κ1) is 10.6. The number of nitrogens with one attached hydrogen (secondary N) is 1. The van der Waals surface area contributed by atoms with Gasteiger partial charge in [0.25, 0.3) is 5.91 Å². The first-order chi connectivity index (χ1) is 6.74. The second-order valence-corrected chi connectivity index (χ2v) is 2.67. The van der Waals surface area contributed by atoms with Crippen LogP contribution in [-0.4, -0.2) is 45.5 Å². The van der Waals surface area contributed by atoms with Crippen LogP contribution in [-0.2, 0) is 6.54 Å². The molecule has 0 atom stereocenters. The van der Waals surface area contributed by atoms with Gasteiger partial charge in [-0.05, 0) is 0 Å². The van der Waals surface area contributed by atoms with Crippen LogP contribution in [0.1, 0.15) is 10.6 Å². The standard InChI is InChI=1S/C7H13N5O2/c8-6(14)7-10-5-12(11-7)3-1-9-2-4-13/h5,9,13H,1-4H2,(H2,8,14). The van der Waals surface area contributed by atoms with E-state index in [9.17, 15) is 4.79 Å². The van der Waals surface area contributed by atoms with E-state index in [-0.39, 0.29) is 12.4 Å². The van der Waals surface area contributed by atoms with Crippen molar-refractivity contribution in [2.24, 2.45) is 5.73 Å². The number of aliphatic hydroxyl groups excluding tert-OH is 1. The highest BCUT2D eigenvalue weighted by Crippen LogP contribution is 1.87. The van der Waals surface area contributed by atoms with Crippen molar-refractivity contribution in [3.05, 3.63) is 12.2 Å². The normalized spacial score (nSPS) is 10.4. The van der Waals surface area contributed by atoms with Crippen LogP contribution in [0.5, 0.6) is 0 Å². The molecule has 0 unspecified atom stereocenters. The number of nitrogens with two attached hydrogens (primary N) is 1. The molecule has 0 fully saturated rings. The molecule has 0 bridgehead atoms. The van der Waals surface area contributed by atoms with Gasteiger partial charge in [-0.2, -0.15) is 0 Å². The van der Waals surface area contributed by atoms with E-state index in [0.717, 1.165) is 0 Å². The summed E-state index contributed by atoms with van der Waals surface area (Å²) >= 11 is 0. The number of primary amides is 1. The lowest BCUT2D eigenvalue weighted by Gasteiger charge is -2.01. The molecule has 1 rings (SSSR count). The highest BCUT2D eigenvalue weighted by molar-refractivity contribution is 5.88. The number of carbonyl (C=O) groups is 1. The topological polar surface area (TPSA) is 106 Å². The van der Waals surface area contributed by atoms with Crippen LogP contribution < -0.4 is 11.1 Å². The van der Waals surface area contributed by atoms with Gasteiger partial charge in [0.05, 0.1) is 13.2 Å². The molecule has 78 valence electrons. The fourth-order valence-corrected chi connectivity index (χ4v) is 0.913. The van der Waals surface area contributed by atoms with E-state index in [2.05, 4.69) is 15.4 Å². The van der Waals surface area contributed by atoms with E-state index >= 15 is 0 Å². The molecule has 0 radical (unpaired) electrons. The SMILES string of the molecule is NC(=O)c1ncn(CCNCCO)n1. The van der Waals surface area contributed by atoms with E-state index in [1.807, 2.05) is 0 Å². The van der Waals surface area contributed by atoms with Crippen molar-refractivity contribution >= 4 is 5.91 Å². The molecule has 0 saturated carbocycles. The number of hydrogen-bond donors (Lipinski definition) is 3. The van der Waals surface area contributed by atoms with Crippen molar-refractivity contribution in [1.82, 2.24) is 20.1 Å². The number of nitrogens with zero attached hydrogens (tertiary/aromatic N) is 3. The van der Waals surface area contributed by atoms with Crippen LogP contribution in [0.2, 0.25) is 0 Å². The second-order valence-electron chi connectivity index (χ2n) is 2.67. The summed E-state index contributed by atoms with van der Waals surface area (Å²) in [6.07, 6.45) is 1.45. The Balaban J connectivity index is 2.33. The molecular formula is C7H13N5O2. The van der Waals surface area contributed by atoms with E-state index in [4.69, 9.17) is 10.8 Å². The van der Waals surface area contributed by atoms with Gasteiger partial charge in [-0.15, -0.1) is 5.10 Å². The van der Waals surface area contributed by atoms with Crippen LogP contribution in [0.3, 0.4) is 0 Å². The zero-order valence-corrected chi connectivity index (χ0v) is 7.68. The summed E-state index contributed by atoms with van der Waals surface area (Å²) in [5.74, 6) is -0.612. The molecule has 14 heavy (non-hydrogen) atoms. The van der Waals surface area contributed by atoms with Gasteiger partial charge in [-0.3, -0.25) is 9.48 Å². The van der Waals surface area contributed by atoms with Crippen LogP contribution in [0.25, 0.3) is 0 Å². The van der Waals surface area contributed by atoms with E-state index < -0.39 is 5.91 Å². The lowest BCUT2D eigenvalue weighted by atomic mass is 10.6. The highest BCUT2D eigenvalue weighted by Gasteiger charge is 2.05. The Morgan fingerprint density at radius 3 is 3.00 bits per heavy atom. The lowest BCUT2D eigenvalue weighted by Crippen LogP contribution is -2.23. The van der Waals surface area contributed by atoms with Crippen LogP contribution in [0.4, 0.5) is 0 Å². The van der Waals surface area contributed by atoms with Gasteiger partial charge in [0.1, 0.15) is 6.33 Å². The first-order valence-corrected chi connectivity index (χ1v) is 4.25. The number of amides is 1. The molecule has 4 N–H and O–H groups in total. The monoisotopic (exact) mass is 199 g/mol. The summed E-state index contributed by atoms with van der Waals surface area (Å²) in [6, 6.07) is 0. The van der Waals surface area contributed by atoms with Crippen LogP contribution >= 0.6 is 0 Å². The molecule has 7 nitrogen and oxygen atoms in total. The van der Waals surface area contributed by atoms with E-state index in [0.29, 0.717) is 19.6 Å². The molecule has 0 aliphatic carbocycles. The minimum absolute atomic E-state index is 0.0205. The Labute approximate surface area is 80.9 Å². The molecule has 1 amide bonds. The average molecular weight is 199 g/mol. The van der Waals surface area contributed by atoms with Crippen molar-refractivity contribution in [2.45, 2.75) is 6.54 Å². The predicted octanol–water partition coefficient (Wildman–Crippen LogP) is -2.04. The third-order valence-corrected chi connectivity index (χ3v) is 1.56. The molecule has 0 aromatic carbocycles. The number of rotatable bonds is 6. The molecule has 0 aliphatic heterocycles. The summed E-state index contributed by atoms with van der Waals surface area (Å²) < 4.78 is 1.52. The van der Waals surface area contributed by atoms with Gasteiger partial charge in [0, 0.05) is 13.1 Å². The quantitative estimate of drug-likeness (QED) is 0.458. The summed E-state index contributed by atoms with van der Waals surface area (Å²) in [6.45, 7) is 1.88. The molecule has 0 aliphatic rings. The summed E-state index contributed by atoms with van der Waals surface area (Å²) in [5, 5.41) is 15.3. The van der Waals surface area contributed by atoms with Crippen molar-refractivity contribution in [3.63, 3.8) is 0 Å². The third-order valence-electron chi connectivity index (χ3n) is 1.56. The Kier molecular flexibility index (Phi) is 4.02. The summed E-state index contributed by atoms with van der Waals surface area (Å²) in [4.78, 5) is 14.3. The molecule has 7 heteroatoms. The molecule has 0 spiro atoms. The number of hydrogen-bond acceptors (Lipinski definition) is 5. The van der Waals surface area contributed by atoms with Gasteiger partial charge < -0.3 is 16.2 Å². The first-order valence-electron chi connectivity index (χ1n) is 4.25. The minimum Gasteiger partial charge on any atom is -0.395 e. The summed E-state index contributed by atoms with van der Waals surface area (Å²) in [7, 11) is 0. The minimum atomic E-state index is -0.632. The number of aliphatic hydroxyl groups is 1. The summed E-state index contributed by atoms with van der Waals surface area (Å²) in [5.41, 5.74) is 4.98. The van der Waals surface area contributed by atoms with Crippen LogP contribution in [0, 0.1) is 0 Å². The number of aromatic nitrogens is 3. The van der Waals surface area contributed by atoms with Gasteiger partial charge in [-0.1, -0.05) is 0 Å². The second kappa shape index (κ2) is 5.30. The molecule has 0 saturated heterocycles.